The lowest BCUT2D eigenvalue weighted by Gasteiger charge is -2.20. The number of rotatable bonds is 5. The van der Waals surface area contributed by atoms with Crippen LogP contribution in [0.15, 0.2) is 30.5 Å². The third-order valence-corrected chi connectivity index (χ3v) is 3.36. The van der Waals surface area contributed by atoms with Crippen molar-refractivity contribution in [2.45, 2.75) is 26.9 Å². The summed E-state index contributed by atoms with van der Waals surface area (Å²) in [7, 11) is 1.92. The highest BCUT2D eigenvalue weighted by Crippen LogP contribution is 2.24. The van der Waals surface area contributed by atoms with Crippen molar-refractivity contribution in [3.05, 3.63) is 36.0 Å². The molecule has 0 aliphatic carbocycles. The number of aromatic nitrogens is 1. The summed E-state index contributed by atoms with van der Waals surface area (Å²) in [5.74, 6) is -0.777. The fourth-order valence-corrected chi connectivity index (χ4v) is 2.20. The maximum Gasteiger partial charge on any atom is 0.310 e. The largest absolute Gasteiger partial charge is 0.481 e. The maximum absolute atomic E-state index is 11.2. The Morgan fingerprint density at radius 3 is 2.74 bits per heavy atom. The number of hydrogen-bond donors (Lipinski definition) is 2. The van der Waals surface area contributed by atoms with E-state index in [0.29, 0.717) is 6.54 Å². The van der Waals surface area contributed by atoms with Gasteiger partial charge in [0.05, 0.1) is 5.41 Å². The Hall–Kier alpha value is -1.81. The van der Waals surface area contributed by atoms with Gasteiger partial charge in [-0.2, -0.15) is 0 Å². The van der Waals surface area contributed by atoms with Crippen LogP contribution in [0.4, 0.5) is 0 Å². The van der Waals surface area contributed by atoms with Crippen molar-refractivity contribution >= 4 is 16.9 Å². The van der Waals surface area contributed by atoms with Crippen LogP contribution in [0.3, 0.4) is 0 Å². The molecule has 0 radical (unpaired) electrons. The molecule has 4 heteroatoms. The summed E-state index contributed by atoms with van der Waals surface area (Å²) in [6.45, 7) is 4.80. The molecule has 0 aliphatic heterocycles. The molecule has 0 saturated heterocycles. The molecule has 4 nitrogen and oxygen atoms in total. The third kappa shape index (κ3) is 2.79. The minimum absolute atomic E-state index is 0.469. The van der Waals surface area contributed by atoms with Crippen LogP contribution in [0.2, 0.25) is 0 Å². The topological polar surface area (TPSA) is 54.3 Å². The summed E-state index contributed by atoms with van der Waals surface area (Å²) in [6, 6.07) is 8.30. The number of fused-ring (bicyclic) bond motifs is 1. The van der Waals surface area contributed by atoms with E-state index in [2.05, 4.69) is 23.5 Å². The van der Waals surface area contributed by atoms with E-state index in [9.17, 15) is 9.90 Å². The van der Waals surface area contributed by atoms with Gasteiger partial charge >= 0.3 is 5.97 Å². The van der Waals surface area contributed by atoms with Gasteiger partial charge in [-0.3, -0.25) is 4.79 Å². The van der Waals surface area contributed by atoms with Gasteiger partial charge in [-0.1, -0.05) is 6.07 Å². The Bertz CT molecular complexity index is 599. The van der Waals surface area contributed by atoms with Crippen LogP contribution >= 0.6 is 0 Å². The molecular formula is C15H20N2O2. The van der Waals surface area contributed by atoms with E-state index in [4.69, 9.17) is 0 Å². The summed E-state index contributed by atoms with van der Waals surface area (Å²) < 4.78 is 2.01. The zero-order valence-corrected chi connectivity index (χ0v) is 11.6. The van der Waals surface area contributed by atoms with Crippen LogP contribution < -0.4 is 5.32 Å². The molecule has 0 atom stereocenters. The molecule has 2 N–H and O–H groups in total. The van der Waals surface area contributed by atoms with Gasteiger partial charge in [0.25, 0.3) is 0 Å². The number of carboxylic acid groups (broad SMARTS) is 1. The summed E-state index contributed by atoms with van der Waals surface area (Å²) in [5.41, 5.74) is 1.54. The highest BCUT2D eigenvalue weighted by molar-refractivity contribution is 5.81. The first kappa shape index (κ1) is 13.6. The van der Waals surface area contributed by atoms with Crippen molar-refractivity contribution in [2.75, 3.05) is 7.05 Å². The lowest BCUT2D eigenvalue weighted by atomic mass is 9.94. The number of benzene rings is 1. The van der Waals surface area contributed by atoms with Gasteiger partial charge in [0.2, 0.25) is 0 Å². The lowest BCUT2D eigenvalue weighted by Crippen LogP contribution is -2.28. The van der Waals surface area contributed by atoms with Gasteiger partial charge in [-0.15, -0.1) is 0 Å². The molecule has 0 amide bonds. The normalized spacial score (nSPS) is 11.9. The van der Waals surface area contributed by atoms with Crippen LogP contribution in [0.5, 0.6) is 0 Å². The second-order valence-electron chi connectivity index (χ2n) is 5.56. The average Bonchev–Trinajstić information content (AvgIpc) is 2.71. The van der Waals surface area contributed by atoms with Gasteiger partial charge < -0.3 is 15.0 Å². The summed E-state index contributed by atoms with van der Waals surface area (Å²) in [4.78, 5) is 11.2. The number of carboxylic acids is 1. The molecule has 0 aliphatic rings. The molecule has 102 valence electrons. The first-order valence-electron chi connectivity index (χ1n) is 6.40. The Morgan fingerprint density at radius 2 is 2.11 bits per heavy atom. The van der Waals surface area contributed by atoms with Crippen LogP contribution in [0.25, 0.3) is 10.9 Å². The minimum Gasteiger partial charge on any atom is -0.481 e. The van der Waals surface area contributed by atoms with Gasteiger partial charge in [-0.25, -0.2) is 0 Å². The van der Waals surface area contributed by atoms with Crippen molar-refractivity contribution in [3.63, 3.8) is 0 Å². The van der Waals surface area contributed by atoms with Crippen molar-refractivity contribution < 1.29 is 9.90 Å². The molecule has 0 bridgehead atoms. The van der Waals surface area contributed by atoms with Crippen molar-refractivity contribution in [1.29, 1.82) is 0 Å². The number of aliphatic carboxylic acids is 1. The minimum atomic E-state index is -0.777. The van der Waals surface area contributed by atoms with E-state index in [1.54, 1.807) is 13.8 Å². The molecule has 0 unspecified atom stereocenters. The summed E-state index contributed by atoms with van der Waals surface area (Å²) >= 11 is 0. The molecule has 1 aromatic heterocycles. The number of nitrogens with one attached hydrogen (secondary N) is 1. The Balaban J connectivity index is 2.33. The second kappa shape index (κ2) is 5.05. The Morgan fingerprint density at radius 1 is 1.37 bits per heavy atom. The second-order valence-corrected chi connectivity index (χ2v) is 5.56. The van der Waals surface area contributed by atoms with E-state index >= 15 is 0 Å². The Kier molecular flexibility index (Phi) is 3.62. The number of nitrogens with zero attached hydrogens (tertiary/aromatic N) is 1. The monoisotopic (exact) mass is 260 g/mol. The fraction of sp³-hybridized carbons (Fsp3) is 0.400. The molecule has 1 aromatic carbocycles. The van der Waals surface area contributed by atoms with Crippen LogP contribution in [0, 0.1) is 5.41 Å². The molecule has 2 aromatic rings. The summed E-state index contributed by atoms with van der Waals surface area (Å²) in [5, 5.41) is 13.5. The standard InChI is InChI=1S/C15H20N2O2/c1-15(2,14(18)19)10-17-7-6-12-8-11(9-16-3)4-5-13(12)17/h4-8,16H,9-10H2,1-3H3,(H,18,19). The highest BCUT2D eigenvalue weighted by atomic mass is 16.4. The van der Waals surface area contributed by atoms with Crippen LogP contribution in [-0.4, -0.2) is 22.7 Å². The van der Waals surface area contributed by atoms with Gasteiger partial charge in [0.1, 0.15) is 0 Å². The van der Waals surface area contributed by atoms with Crippen LogP contribution in [-0.2, 0) is 17.9 Å². The maximum atomic E-state index is 11.2. The smallest absolute Gasteiger partial charge is 0.310 e. The third-order valence-electron chi connectivity index (χ3n) is 3.36. The van der Waals surface area contributed by atoms with E-state index in [-0.39, 0.29) is 0 Å². The first-order valence-corrected chi connectivity index (χ1v) is 6.40. The van der Waals surface area contributed by atoms with Crippen molar-refractivity contribution in [2.24, 2.45) is 5.41 Å². The predicted octanol–water partition coefficient (Wildman–Crippen LogP) is 2.47. The van der Waals surface area contributed by atoms with Gasteiger partial charge in [0.15, 0.2) is 0 Å². The highest BCUT2D eigenvalue weighted by Gasteiger charge is 2.27. The van der Waals surface area contributed by atoms with Crippen molar-refractivity contribution in [3.8, 4) is 0 Å². The molecule has 0 spiro atoms. The Labute approximate surface area is 113 Å². The number of hydrogen-bond acceptors (Lipinski definition) is 2. The average molecular weight is 260 g/mol. The molecule has 2 rings (SSSR count). The fourth-order valence-electron chi connectivity index (χ4n) is 2.20. The summed E-state index contributed by atoms with van der Waals surface area (Å²) in [6.07, 6.45) is 1.96. The zero-order valence-electron chi connectivity index (χ0n) is 11.6. The molecule has 19 heavy (non-hydrogen) atoms. The van der Waals surface area contributed by atoms with E-state index in [1.807, 2.05) is 23.9 Å². The zero-order chi connectivity index (χ0) is 14.0. The molecule has 0 fully saturated rings. The number of carbonyl (C=O) groups is 1. The van der Waals surface area contributed by atoms with E-state index in [0.717, 1.165) is 17.4 Å². The SMILES string of the molecule is CNCc1ccc2c(ccn2CC(C)(C)C(=O)O)c1. The molecular weight excluding hydrogens is 240 g/mol. The van der Waals surface area contributed by atoms with E-state index in [1.165, 1.54) is 5.56 Å². The molecule has 1 heterocycles. The first-order chi connectivity index (χ1) is 8.94. The lowest BCUT2D eigenvalue weighted by molar-refractivity contribution is -0.147. The van der Waals surface area contributed by atoms with Crippen LogP contribution in [0.1, 0.15) is 19.4 Å². The van der Waals surface area contributed by atoms with E-state index < -0.39 is 11.4 Å². The quantitative estimate of drug-likeness (QED) is 0.868. The molecule has 0 saturated carbocycles. The van der Waals surface area contributed by atoms with Gasteiger partial charge in [0, 0.05) is 24.8 Å². The van der Waals surface area contributed by atoms with Crippen molar-refractivity contribution in [1.82, 2.24) is 9.88 Å². The van der Waals surface area contributed by atoms with Gasteiger partial charge in [-0.05, 0) is 50.0 Å². The predicted molar refractivity (Wildman–Crippen MR) is 76.1 cm³/mol.